The summed E-state index contributed by atoms with van der Waals surface area (Å²) in [4.78, 5) is 16.2. The van der Waals surface area contributed by atoms with E-state index < -0.39 is 0 Å². The average molecular weight is 269 g/mol. The number of rotatable bonds is 6. The van der Waals surface area contributed by atoms with Crippen LogP contribution in [0, 0.1) is 5.92 Å². The third kappa shape index (κ3) is 4.08. The zero-order chi connectivity index (χ0) is 13.8. The largest absolute Gasteiger partial charge is 0.396 e. The monoisotopic (exact) mass is 269 g/mol. The molecule has 0 aromatic carbocycles. The Morgan fingerprint density at radius 2 is 2.16 bits per heavy atom. The molecule has 2 N–H and O–H groups in total. The van der Waals surface area contributed by atoms with Crippen molar-refractivity contribution in [2.75, 3.05) is 32.8 Å². The number of carbonyl (C=O) groups excluding carboxylic acids is 1. The lowest BCUT2D eigenvalue weighted by Crippen LogP contribution is -2.44. The summed E-state index contributed by atoms with van der Waals surface area (Å²) >= 11 is 0. The van der Waals surface area contributed by atoms with Crippen LogP contribution in [0.1, 0.15) is 33.1 Å². The van der Waals surface area contributed by atoms with Crippen molar-refractivity contribution >= 4 is 6.03 Å². The Morgan fingerprint density at radius 1 is 1.42 bits per heavy atom. The average Bonchev–Trinajstić information content (AvgIpc) is 3.09. The highest BCUT2D eigenvalue weighted by Crippen LogP contribution is 2.27. The Bertz CT molecular complexity index is 303. The number of amides is 2. The number of likely N-dealkylation sites (tertiary alicyclic amines) is 1. The molecule has 2 fully saturated rings. The van der Waals surface area contributed by atoms with Crippen molar-refractivity contribution in [2.45, 2.75) is 45.2 Å². The van der Waals surface area contributed by atoms with Gasteiger partial charge in [-0.2, -0.15) is 0 Å². The van der Waals surface area contributed by atoms with Crippen LogP contribution in [0.25, 0.3) is 0 Å². The molecule has 0 aromatic heterocycles. The minimum atomic E-state index is 0.0236. The summed E-state index contributed by atoms with van der Waals surface area (Å²) in [6.07, 6.45) is 3.52. The normalized spacial score (nSPS) is 23.4. The van der Waals surface area contributed by atoms with Gasteiger partial charge in [0.25, 0.3) is 0 Å². The number of hydrogen-bond donors (Lipinski definition) is 2. The number of urea groups is 1. The van der Waals surface area contributed by atoms with E-state index in [1.807, 2.05) is 4.90 Å². The maximum absolute atomic E-state index is 12.0. The van der Waals surface area contributed by atoms with Crippen LogP contribution in [0.4, 0.5) is 4.79 Å². The minimum Gasteiger partial charge on any atom is -0.396 e. The van der Waals surface area contributed by atoms with Gasteiger partial charge in [0.1, 0.15) is 0 Å². The summed E-state index contributed by atoms with van der Waals surface area (Å²) in [7, 11) is 0. The van der Waals surface area contributed by atoms with E-state index >= 15 is 0 Å². The molecule has 0 aromatic rings. The first-order valence-electron chi connectivity index (χ1n) is 7.51. The predicted octanol–water partition coefficient (Wildman–Crippen LogP) is 0.883. The molecule has 0 spiro atoms. The number of aliphatic hydroxyl groups is 1. The number of nitrogens with zero attached hydrogens (tertiary/aromatic N) is 2. The lowest BCUT2D eigenvalue weighted by atomic mass is 10.1. The highest BCUT2D eigenvalue weighted by molar-refractivity contribution is 5.74. The molecule has 110 valence electrons. The molecule has 0 bridgehead atoms. The Kier molecular flexibility index (Phi) is 5.05. The fraction of sp³-hybridized carbons (Fsp3) is 0.929. The van der Waals surface area contributed by atoms with Gasteiger partial charge in [0, 0.05) is 50.8 Å². The van der Waals surface area contributed by atoms with Gasteiger partial charge in [0.05, 0.1) is 0 Å². The second kappa shape index (κ2) is 6.57. The Labute approximate surface area is 115 Å². The van der Waals surface area contributed by atoms with E-state index in [-0.39, 0.29) is 18.6 Å². The van der Waals surface area contributed by atoms with Crippen molar-refractivity contribution in [3.05, 3.63) is 0 Å². The molecule has 0 radical (unpaired) electrons. The molecule has 2 rings (SSSR count). The third-order valence-electron chi connectivity index (χ3n) is 4.16. The van der Waals surface area contributed by atoms with E-state index in [2.05, 4.69) is 24.1 Å². The number of aliphatic hydroxyl groups excluding tert-OH is 1. The summed E-state index contributed by atoms with van der Waals surface area (Å²) in [6, 6.07) is 1.31. The van der Waals surface area contributed by atoms with E-state index in [4.69, 9.17) is 5.11 Å². The van der Waals surface area contributed by atoms with Gasteiger partial charge in [-0.3, -0.25) is 4.90 Å². The van der Waals surface area contributed by atoms with E-state index in [0.29, 0.717) is 19.1 Å². The summed E-state index contributed by atoms with van der Waals surface area (Å²) in [6.45, 7) is 7.73. The van der Waals surface area contributed by atoms with Crippen LogP contribution in [0.5, 0.6) is 0 Å². The molecule has 1 saturated carbocycles. The van der Waals surface area contributed by atoms with E-state index in [1.165, 1.54) is 12.8 Å². The Balaban J connectivity index is 1.66. The standard InChI is InChI=1S/C14H27N3O2/c1-11(2)17(13-3-4-13)8-6-15-14(19)16-7-5-12(9-16)10-18/h11-13,18H,3-10H2,1-2H3,(H,15,19). The van der Waals surface area contributed by atoms with Crippen LogP contribution >= 0.6 is 0 Å². The maximum Gasteiger partial charge on any atom is 0.317 e. The van der Waals surface area contributed by atoms with Gasteiger partial charge in [-0.1, -0.05) is 0 Å². The van der Waals surface area contributed by atoms with E-state index in [0.717, 1.165) is 25.6 Å². The smallest absolute Gasteiger partial charge is 0.317 e. The molecular formula is C14H27N3O2. The fourth-order valence-electron chi connectivity index (χ4n) is 2.84. The summed E-state index contributed by atoms with van der Waals surface area (Å²) in [5.41, 5.74) is 0. The fourth-order valence-corrected chi connectivity index (χ4v) is 2.84. The first-order valence-corrected chi connectivity index (χ1v) is 7.51. The number of carbonyl (C=O) groups is 1. The molecule has 2 aliphatic rings. The van der Waals surface area contributed by atoms with Crippen molar-refractivity contribution in [3.8, 4) is 0 Å². The van der Waals surface area contributed by atoms with Crippen molar-refractivity contribution < 1.29 is 9.90 Å². The highest BCUT2D eigenvalue weighted by atomic mass is 16.3. The molecule has 1 aliphatic carbocycles. The van der Waals surface area contributed by atoms with E-state index in [9.17, 15) is 4.79 Å². The van der Waals surface area contributed by atoms with Crippen LogP contribution in [-0.4, -0.2) is 65.8 Å². The molecule has 19 heavy (non-hydrogen) atoms. The minimum absolute atomic E-state index is 0.0236. The molecular weight excluding hydrogens is 242 g/mol. The number of nitrogens with one attached hydrogen (secondary N) is 1. The van der Waals surface area contributed by atoms with Crippen molar-refractivity contribution in [2.24, 2.45) is 5.92 Å². The van der Waals surface area contributed by atoms with Crippen LogP contribution < -0.4 is 5.32 Å². The molecule has 1 aliphatic heterocycles. The molecule has 1 heterocycles. The Morgan fingerprint density at radius 3 is 2.68 bits per heavy atom. The molecule has 1 atom stereocenters. The quantitative estimate of drug-likeness (QED) is 0.753. The van der Waals surface area contributed by atoms with E-state index in [1.54, 1.807) is 0 Å². The molecule has 5 nitrogen and oxygen atoms in total. The lowest BCUT2D eigenvalue weighted by Gasteiger charge is -2.27. The first-order chi connectivity index (χ1) is 9.11. The zero-order valence-corrected chi connectivity index (χ0v) is 12.1. The van der Waals surface area contributed by atoms with Gasteiger partial charge < -0.3 is 15.3 Å². The molecule has 5 heteroatoms. The van der Waals surface area contributed by atoms with Gasteiger partial charge in [0.15, 0.2) is 0 Å². The highest BCUT2D eigenvalue weighted by Gasteiger charge is 2.30. The predicted molar refractivity (Wildman–Crippen MR) is 75.0 cm³/mol. The van der Waals surface area contributed by atoms with Crippen molar-refractivity contribution in [1.82, 2.24) is 15.1 Å². The van der Waals surface area contributed by atoms with Crippen LogP contribution in [0.15, 0.2) is 0 Å². The zero-order valence-electron chi connectivity index (χ0n) is 12.1. The van der Waals surface area contributed by atoms with Gasteiger partial charge in [-0.25, -0.2) is 4.79 Å². The van der Waals surface area contributed by atoms with Crippen LogP contribution in [-0.2, 0) is 0 Å². The second-order valence-corrected chi connectivity index (χ2v) is 6.08. The lowest BCUT2D eigenvalue weighted by molar-refractivity contribution is 0.188. The first kappa shape index (κ1) is 14.6. The maximum atomic E-state index is 12.0. The molecule has 1 saturated heterocycles. The van der Waals surface area contributed by atoms with Gasteiger partial charge in [0.2, 0.25) is 0 Å². The summed E-state index contributed by atoms with van der Waals surface area (Å²) in [5.74, 6) is 0.268. The van der Waals surface area contributed by atoms with Crippen molar-refractivity contribution in [1.29, 1.82) is 0 Å². The third-order valence-corrected chi connectivity index (χ3v) is 4.16. The molecule has 1 unspecified atom stereocenters. The number of hydrogen-bond acceptors (Lipinski definition) is 3. The van der Waals surface area contributed by atoms with Gasteiger partial charge in [-0.15, -0.1) is 0 Å². The van der Waals surface area contributed by atoms with Crippen LogP contribution in [0.2, 0.25) is 0 Å². The van der Waals surface area contributed by atoms with Gasteiger partial charge in [-0.05, 0) is 33.1 Å². The molecule has 2 amide bonds. The van der Waals surface area contributed by atoms with Crippen LogP contribution in [0.3, 0.4) is 0 Å². The second-order valence-electron chi connectivity index (χ2n) is 6.08. The summed E-state index contributed by atoms with van der Waals surface area (Å²) in [5, 5.41) is 12.1. The van der Waals surface area contributed by atoms with Crippen molar-refractivity contribution in [3.63, 3.8) is 0 Å². The Hall–Kier alpha value is -0.810. The SMILES string of the molecule is CC(C)N(CCNC(=O)N1CCC(CO)C1)C1CC1. The topological polar surface area (TPSA) is 55.8 Å². The summed E-state index contributed by atoms with van der Waals surface area (Å²) < 4.78 is 0. The van der Waals surface area contributed by atoms with Gasteiger partial charge >= 0.3 is 6.03 Å².